The average molecular weight is 497 g/mol. The number of ether oxygens (including phenoxy) is 1. The van der Waals surface area contributed by atoms with Gasteiger partial charge in [0.05, 0.1) is 21.1 Å². The molecule has 1 aliphatic rings. The van der Waals surface area contributed by atoms with Gasteiger partial charge >= 0.3 is 5.97 Å². The lowest BCUT2D eigenvalue weighted by Gasteiger charge is -2.14. The van der Waals surface area contributed by atoms with Crippen molar-refractivity contribution in [1.29, 1.82) is 0 Å². The zero-order valence-electron chi connectivity index (χ0n) is 16.6. The van der Waals surface area contributed by atoms with E-state index in [-0.39, 0.29) is 22.9 Å². The van der Waals surface area contributed by atoms with E-state index < -0.39 is 10.9 Å². The first-order valence-electron chi connectivity index (χ1n) is 9.42. The van der Waals surface area contributed by atoms with Crippen LogP contribution in [0.5, 0.6) is 5.75 Å². The van der Waals surface area contributed by atoms with E-state index in [0.717, 1.165) is 11.8 Å². The number of nitrogens with zero attached hydrogens (tertiary/aromatic N) is 2. The van der Waals surface area contributed by atoms with Gasteiger partial charge in [0.15, 0.2) is 4.32 Å². The Morgan fingerprint density at radius 3 is 2.52 bits per heavy atom. The molecule has 1 fully saturated rings. The van der Waals surface area contributed by atoms with Crippen LogP contribution in [0.25, 0.3) is 6.08 Å². The molecular weight excluding hydrogens is 484 g/mol. The Kier molecular flexibility index (Phi) is 6.55. The molecular formula is C23H13ClN2O5S2. The predicted molar refractivity (Wildman–Crippen MR) is 132 cm³/mol. The number of benzene rings is 3. The van der Waals surface area contributed by atoms with Crippen LogP contribution in [0.15, 0.2) is 77.7 Å². The monoisotopic (exact) mass is 496 g/mol. The van der Waals surface area contributed by atoms with Gasteiger partial charge < -0.3 is 4.74 Å². The molecule has 4 rings (SSSR count). The number of hydrogen-bond acceptors (Lipinski definition) is 7. The number of anilines is 1. The minimum atomic E-state index is -0.658. The molecule has 10 heteroatoms. The van der Waals surface area contributed by atoms with E-state index in [4.69, 9.17) is 28.6 Å². The van der Waals surface area contributed by atoms with Crippen LogP contribution in [-0.2, 0) is 4.79 Å². The van der Waals surface area contributed by atoms with E-state index in [1.165, 1.54) is 29.2 Å². The third kappa shape index (κ3) is 5.11. The average Bonchev–Trinajstić information content (AvgIpc) is 3.06. The summed E-state index contributed by atoms with van der Waals surface area (Å²) < 4.78 is 5.76. The number of thioether (sulfide) groups is 1. The van der Waals surface area contributed by atoms with Gasteiger partial charge in [0, 0.05) is 17.2 Å². The molecule has 0 saturated carbocycles. The lowest BCUT2D eigenvalue weighted by molar-refractivity contribution is -0.384. The molecule has 1 heterocycles. The molecule has 0 radical (unpaired) electrons. The van der Waals surface area contributed by atoms with Crippen LogP contribution < -0.4 is 9.64 Å². The van der Waals surface area contributed by atoms with Gasteiger partial charge in [-0.3, -0.25) is 19.8 Å². The van der Waals surface area contributed by atoms with Crippen LogP contribution in [0, 0.1) is 10.1 Å². The fourth-order valence-corrected chi connectivity index (χ4v) is 4.49. The number of thiocarbonyl (C=S) groups is 1. The van der Waals surface area contributed by atoms with Gasteiger partial charge in [-0.2, -0.15) is 0 Å². The predicted octanol–water partition coefficient (Wildman–Crippen LogP) is 5.87. The summed E-state index contributed by atoms with van der Waals surface area (Å²) in [6, 6.07) is 18.6. The highest BCUT2D eigenvalue weighted by Crippen LogP contribution is 2.37. The minimum Gasteiger partial charge on any atom is -0.423 e. The summed E-state index contributed by atoms with van der Waals surface area (Å²) in [5, 5.41) is 11.2. The third-order valence-electron chi connectivity index (χ3n) is 4.54. The van der Waals surface area contributed by atoms with Crippen molar-refractivity contribution < 1.29 is 19.2 Å². The second-order valence-corrected chi connectivity index (χ2v) is 8.88. The van der Waals surface area contributed by atoms with Crippen LogP contribution in [-0.4, -0.2) is 21.1 Å². The Hall–Kier alpha value is -3.53. The van der Waals surface area contributed by atoms with Crippen molar-refractivity contribution >= 4 is 69.2 Å². The zero-order valence-corrected chi connectivity index (χ0v) is 19.0. The number of nitro groups is 1. The first-order chi connectivity index (χ1) is 15.8. The molecule has 1 aliphatic heterocycles. The van der Waals surface area contributed by atoms with E-state index in [0.29, 0.717) is 25.5 Å². The summed E-state index contributed by atoms with van der Waals surface area (Å²) in [6.45, 7) is 0. The van der Waals surface area contributed by atoms with Crippen LogP contribution in [0.4, 0.5) is 11.4 Å². The van der Waals surface area contributed by atoms with E-state index in [1.807, 2.05) is 0 Å². The Labute approximate surface area is 202 Å². The van der Waals surface area contributed by atoms with Crippen molar-refractivity contribution in [3.05, 3.63) is 104 Å². The second-order valence-electron chi connectivity index (χ2n) is 6.76. The molecule has 0 aliphatic carbocycles. The fraction of sp³-hybridized carbons (Fsp3) is 0. The maximum Gasteiger partial charge on any atom is 0.343 e. The molecule has 0 spiro atoms. The number of hydrogen-bond donors (Lipinski definition) is 0. The highest BCUT2D eigenvalue weighted by molar-refractivity contribution is 8.27. The number of halogens is 1. The first kappa shape index (κ1) is 22.7. The van der Waals surface area contributed by atoms with Gasteiger partial charge in [-0.05, 0) is 54.1 Å². The molecule has 33 heavy (non-hydrogen) atoms. The standard InChI is InChI=1S/C23H13ClN2O5S2/c24-16-4-2-5-18(13-16)25-21(27)20(33-23(25)32)12-14-3-1-6-19(11-14)31-22(28)15-7-9-17(10-8-15)26(29)30/h1-13H/b20-12+. The summed E-state index contributed by atoms with van der Waals surface area (Å²) >= 11 is 12.6. The number of carbonyl (C=O) groups excluding carboxylic acids is 2. The number of amides is 1. The minimum absolute atomic E-state index is 0.122. The van der Waals surface area contributed by atoms with Crippen LogP contribution in [0.1, 0.15) is 15.9 Å². The first-order valence-corrected chi connectivity index (χ1v) is 11.0. The lowest BCUT2D eigenvalue weighted by Crippen LogP contribution is -2.27. The largest absolute Gasteiger partial charge is 0.423 e. The van der Waals surface area contributed by atoms with Crippen molar-refractivity contribution in [2.45, 2.75) is 0 Å². The van der Waals surface area contributed by atoms with Gasteiger partial charge in [0.2, 0.25) is 0 Å². The van der Waals surface area contributed by atoms with Gasteiger partial charge in [-0.15, -0.1) is 0 Å². The summed E-state index contributed by atoms with van der Waals surface area (Å²) in [6.07, 6.45) is 1.66. The van der Waals surface area contributed by atoms with E-state index in [2.05, 4.69) is 0 Å². The molecule has 0 atom stereocenters. The highest BCUT2D eigenvalue weighted by atomic mass is 35.5. The molecule has 1 saturated heterocycles. The molecule has 0 unspecified atom stereocenters. The zero-order chi connectivity index (χ0) is 23.5. The summed E-state index contributed by atoms with van der Waals surface area (Å²) in [5.41, 5.74) is 1.27. The number of rotatable bonds is 5. The topological polar surface area (TPSA) is 89.8 Å². The molecule has 0 aromatic heterocycles. The molecule has 7 nitrogen and oxygen atoms in total. The van der Waals surface area contributed by atoms with Crippen LogP contribution in [0.3, 0.4) is 0 Å². The van der Waals surface area contributed by atoms with Crippen molar-refractivity contribution in [2.24, 2.45) is 0 Å². The van der Waals surface area contributed by atoms with Crippen molar-refractivity contribution in [2.75, 3.05) is 4.90 Å². The van der Waals surface area contributed by atoms with E-state index in [9.17, 15) is 19.7 Å². The van der Waals surface area contributed by atoms with Crippen LogP contribution >= 0.6 is 35.6 Å². The SMILES string of the molecule is O=C(Oc1cccc(/C=C2/SC(=S)N(c3cccc(Cl)c3)C2=O)c1)c1ccc([N+](=O)[O-])cc1. The molecule has 3 aromatic rings. The fourth-order valence-electron chi connectivity index (χ4n) is 3.01. The molecule has 0 N–H and O–H groups in total. The number of non-ortho nitro benzene ring substituents is 1. The smallest absolute Gasteiger partial charge is 0.343 e. The maximum atomic E-state index is 12.9. The third-order valence-corrected chi connectivity index (χ3v) is 6.08. The lowest BCUT2D eigenvalue weighted by atomic mass is 10.2. The Morgan fingerprint density at radius 2 is 1.82 bits per heavy atom. The van der Waals surface area contributed by atoms with Crippen LogP contribution in [0.2, 0.25) is 5.02 Å². The Bertz CT molecular complexity index is 1320. The maximum absolute atomic E-state index is 12.9. The molecule has 3 aromatic carbocycles. The summed E-state index contributed by atoms with van der Waals surface area (Å²) in [7, 11) is 0. The Morgan fingerprint density at radius 1 is 1.09 bits per heavy atom. The van der Waals surface area contributed by atoms with E-state index in [1.54, 1.807) is 54.6 Å². The highest BCUT2D eigenvalue weighted by Gasteiger charge is 2.33. The van der Waals surface area contributed by atoms with Gasteiger partial charge in [-0.25, -0.2) is 4.79 Å². The van der Waals surface area contributed by atoms with Crippen molar-refractivity contribution in [1.82, 2.24) is 0 Å². The Balaban J connectivity index is 1.52. The van der Waals surface area contributed by atoms with E-state index >= 15 is 0 Å². The van der Waals surface area contributed by atoms with Gasteiger partial charge in [0.25, 0.3) is 11.6 Å². The van der Waals surface area contributed by atoms with Crippen molar-refractivity contribution in [3.8, 4) is 5.75 Å². The van der Waals surface area contributed by atoms with Crippen molar-refractivity contribution in [3.63, 3.8) is 0 Å². The number of esters is 1. The molecule has 0 bridgehead atoms. The second kappa shape index (κ2) is 9.53. The quantitative estimate of drug-likeness (QED) is 0.109. The number of nitro benzene ring substituents is 1. The molecule has 1 amide bonds. The normalized spacial score (nSPS) is 14.6. The van der Waals surface area contributed by atoms with Gasteiger partial charge in [0.1, 0.15) is 5.75 Å². The molecule has 164 valence electrons. The summed E-state index contributed by atoms with van der Waals surface area (Å²) in [4.78, 5) is 37.3. The van der Waals surface area contributed by atoms with Gasteiger partial charge in [-0.1, -0.05) is 53.8 Å². The number of carbonyl (C=O) groups is 2. The summed E-state index contributed by atoms with van der Waals surface area (Å²) in [5.74, 6) is -0.674.